The summed E-state index contributed by atoms with van der Waals surface area (Å²) in [5.41, 5.74) is -1.54. The van der Waals surface area contributed by atoms with Crippen LogP contribution in [0.5, 0.6) is 0 Å². The number of carbonyl (C=O) groups excluding carboxylic acids is 4. The van der Waals surface area contributed by atoms with Crippen LogP contribution in [-0.4, -0.2) is 59.1 Å². The predicted octanol–water partition coefficient (Wildman–Crippen LogP) is 3.72. The molecule has 0 aromatic heterocycles. The van der Waals surface area contributed by atoms with Crippen LogP contribution < -0.4 is 10.6 Å². The summed E-state index contributed by atoms with van der Waals surface area (Å²) < 4.78 is 25.8. The lowest BCUT2D eigenvalue weighted by Gasteiger charge is -2.32. The lowest BCUT2D eigenvalue weighted by Crippen LogP contribution is -2.49. The molecule has 1 heterocycles. The molecule has 1 fully saturated rings. The van der Waals surface area contributed by atoms with E-state index in [9.17, 15) is 19.2 Å². The van der Waals surface area contributed by atoms with Crippen LogP contribution in [0.25, 0.3) is 0 Å². The number of nitrogens with zero attached hydrogens (tertiary/aromatic N) is 1. The highest BCUT2D eigenvalue weighted by Crippen LogP contribution is 2.43. The molecule has 9 nitrogen and oxygen atoms in total. The summed E-state index contributed by atoms with van der Waals surface area (Å²) in [5, 5.41) is 5.24. The number of alkyl carbamates (subject to hydrolysis) is 1. The van der Waals surface area contributed by atoms with E-state index < -0.39 is 65.4 Å². The number of esters is 1. The van der Waals surface area contributed by atoms with E-state index in [1.54, 1.807) is 47.6 Å². The van der Waals surface area contributed by atoms with Crippen LogP contribution in [0.2, 0.25) is 0 Å². The first-order chi connectivity index (χ1) is 17.0. The van der Waals surface area contributed by atoms with Crippen molar-refractivity contribution in [2.45, 2.75) is 85.1 Å². The second-order valence-electron chi connectivity index (χ2n) is 11.7. The van der Waals surface area contributed by atoms with Crippen molar-refractivity contribution >= 4 is 23.9 Å². The van der Waals surface area contributed by atoms with Gasteiger partial charge in [0.1, 0.15) is 29.6 Å². The zero-order valence-electron chi connectivity index (χ0n) is 23.0. The van der Waals surface area contributed by atoms with Gasteiger partial charge in [0.25, 0.3) is 0 Å². The predicted molar refractivity (Wildman–Crippen MR) is 136 cm³/mol. The highest BCUT2D eigenvalue weighted by Gasteiger charge is 2.52. The molecule has 1 aromatic carbocycles. The Kier molecular flexibility index (Phi) is 9.68. The second kappa shape index (κ2) is 11.9. The number of halogens is 1. The minimum Gasteiger partial charge on any atom is -0.458 e. The van der Waals surface area contributed by atoms with Gasteiger partial charge in [-0.25, -0.2) is 14.0 Å². The Morgan fingerprint density at radius 1 is 1.00 bits per heavy atom. The molecule has 1 aliphatic rings. The van der Waals surface area contributed by atoms with E-state index in [-0.39, 0.29) is 17.9 Å². The zero-order chi connectivity index (χ0) is 28.1. The highest BCUT2D eigenvalue weighted by atomic mass is 19.1. The van der Waals surface area contributed by atoms with Crippen LogP contribution in [-0.2, 0) is 23.9 Å². The summed E-state index contributed by atoms with van der Waals surface area (Å²) in [6.45, 7) is 13.9. The maximum Gasteiger partial charge on any atom is 0.408 e. The van der Waals surface area contributed by atoms with Gasteiger partial charge in [-0.3, -0.25) is 9.59 Å². The fraction of sp³-hybridized carbons (Fsp3) is 0.630. The number of hydrogen-bond acceptors (Lipinski definition) is 6. The zero-order valence-corrected chi connectivity index (χ0v) is 23.0. The van der Waals surface area contributed by atoms with Gasteiger partial charge in [0, 0.05) is 12.1 Å². The molecule has 0 radical (unpaired) electrons. The first-order valence-electron chi connectivity index (χ1n) is 12.5. The Bertz CT molecular complexity index is 999. The fourth-order valence-electron chi connectivity index (χ4n) is 4.10. The first-order valence-corrected chi connectivity index (χ1v) is 12.5. The van der Waals surface area contributed by atoms with Gasteiger partial charge >= 0.3 is 12.1 Å². The highest BCUT2D eigenvalue weighted by molar-refractivity contribution is 5.91. The van der Waals surface area contributed by atoms with Crippen molar-refractivity contribution in [3.8, 4) is 0 Å². The number of rotatable bonds is 7. The first kappa shape index (κ1) is 30.1. The van der Waals surface area contributed by atoms with Crippen molar-refractivity contribution in [1.82, 2.24) is 15.5 Å². The molecule has 206 valence electrons. The number of likely N-dealkylation sites (tertiary alicyclic amines) is 1. The standard InChI is InChI=1S/C27H40FN3O6/c1-16(2)14-29-23(33)18-13-20(24(34)36-26(3,4)5)31(22(18)17-11-9-10-12-19(17)28)21(32)15-30-25(35)37-27(6,7)8/h9-12,16,18,20,22H,13-15H2,1-8H3,(H,29,33)(H,30,35). The molecule has 3 atom stereocenters. The lowest BCUT2D eigenvalue weighted by molar-refractivity contribution is -0.164. The quantitative estimate of drug-likeness (QED) is 0.529. The van der Waals surface area contributed by atoms with E-state index in [4.69, 9.17) is 9.47 Å². The summed E-state index contributed by atoms with van der Waals surface area (Å²) in [4.78, 5) is 53.4. The van der Waals surface area contributed by atoms with E-state index in [0.717, 1.165) is 0 Å². The second-order valence-corrected chi connectivity index (χ2v) is 11.7. The van der Waals surface area contributed by atoms with Crippen molar-refractivity contribution in [1.29, 1.82) is 0 Å². The van der Waals surface area contributed by atoms with Gasteiger partial charge in [-0.2, -0.15) is 0 Å². The molecule has 10 heteroatoms. The van der Waals surface area contributed by atoms with Gasteiger partial charge in [-0.15, -0.1) is 0 Å². The minimum absolute atomic E-state index is 0.0595. The van der Waals surface area contributed by atoms with Crippen molar-refractivity contribution in [3.05, 3.63) is 35.6 Å². The Labute approximate surface area is 218 Å². The summed E-state index contributed by atoms with van der Waals surface area (Å²) in [7, 11) is 0. The minimum atomic E-state index is -1.16. The van der Waals surface area contributed by atoms with Gasteiger partial charge in [-0.05, 0) is 59.9 Å². The monoisotopic (exact) mass is 521 g/mol. The molecule has 0 spiro atoms. The Morgan fingerprint density at radius 2 is 1.59 bits per heavy atom. The summed E-state index contributed by atoms with van der Waals surface area (Å²) in [5.74, 6) is -3.15. The average molecular weight is 522 g/mol. The van der Waals surface area contributed by atoms with Crippen LogP contribution >= 0.6 is 0 Å². The van der Waals surface area contributed by atoms with Crippen molar-refractivity contribution in [2.75, 3.05) is 13.1 Å². The maximum absolute atomic E-state index is 15.1. The molecular weight excluding hydrogens is 481 g/mol. The molecule has 1 aromatic rings. The SMILES string of the molecule is CC(C)CNC(=O)C1CC(C(=O)OC(C)(C)C)N(C(=O)CNC(=O)OC(C)(C)C)C1c1ccccc1F. The third-order valence-electron chi connectivity index (χ3n) is 5.49. The van der Waals surface area contributed by atoms with Crippen molar-refractivity contribution in [2.24, 2.45) is 11.8 Å². The lowest BCUT2D eigenvalue weighted by atomic mass is 9.91. The molecule has 3 amide bonds. The molecule has 1 aliphatic heterocycles. The van der Waals surface area contributed by atoms with E-state index in [1.807, 2.05) is 13.8 Å². The van der Waals surface area contributed by atoms with Crippen LogP contribution in [0, 0.1) is 17.7 Å². The topological polar surface area (TPSA) is 114 Å². The van der Waals surface area contributed by atoms with E-state index in [0.29, 0.717) is 6.54 Å². The molecule has 0 bridgehead atoms. The number of hydrogen-bond donors (Lipinski definition) is 2. The van der Waals surface area contributed by atoms with Crippen LogP contribution in [0.15, 0.2) is 24.3 Å². The molecular formula is C27H40FN3O6. The average Bonchev–Trinajstić information content (AvgIpc) is 3.14. The fourth-order valence-corrected chi connectivity index (χ4v) is 4.10. The van der Waals surface area contributed by atoms with Crippen LogP contribution in [0.4, 0.5) is 9.18 Å². The summed E-state index contributed by atoms with van der Waals surface area (Å²) >= 11 is 0. The number of carbonyl (C=O) groups is 4. The van der Waals surface area contributed by atoms with E-state index >= 15 is 4.39 Å². The largest absolute Gasteiger partial charge is 0.458 e. The van der Waals surface area contributed by atoms with Gasteiger partial charge < -0.3 is 25.0 Å². The number of amides is 3. The number of benzene rings is 1. The Morgan fingerprint density at radius 3 is 2.14 bits per heavy atom. The van der Waals surface area contributed by atoms with E-state index in [2.05, 4.69) is 10.6 Å². The molecule has 37 heavy (non-hydrogen) atoms. The number of ether oxygens (including phenoxy) is 2. The van der Waals surface area contributed by atoms with Crippen LogP contribution in [0.3, 0.4) is 0 Å². The molecule has 1 saturated heterocycles. The maximum atomic E-state index is 15.1. The van der Waals surface area contributed by atoms with Gasteiger partial charge in [0.2, 0.25) is 11.8 Å². The normalized spacial score (nSPS) is 19.9. The third-order valence-corrected chi connectivity index (χ3v) is 5.49. The van der Waals surface area contributed by atoms with Crippen molar-refractivity contribution in [3.63, 3.8) is 0 Å². The Hall–Kier alpha value is -3.17. The van der Waals surface area contributed by atoms with Crippen molar-refractivity contribution < 1.29 is 33.0 Å². The molecule has 0 aliphatic carbocycles. The smallest absolute Gasteiger partial charge is 0.408 e. The van der Waals surface area contributed by atoms with E-state index in [1.165, 1.54) is 23.1 Å². The van der Waals surface area contributed by atoms with Crippen LogP contribution in [0.1, 0.15) is 73.4 Å². The molecule has 3 unspecified atom stereocenters. The molecule has 2 N–H and O–H groups in total. The Balaban J connectivity index is 2.48. The molecule has 2 rings (SSSR count). The van der Waals surface area contributed by atoms with Gasteiger partial charge in [-0.1, -0.05) is 32.0 Å². The summed E-state index contributed by atoms with van der Waals surface area (Å²) in [6.07, 6.45) is -0.877. The third kappa shape index (κ3) is 8.72. The molecule has 0 saturated carbocycles. The van der Waals surface area contributed by atoms with Gasteiger partial charge in [0.15, 0.2) is 0 Å². The number of nitrogens with one attached hydrogen (secondary N) is 2. The summed E-state index contributed by atoms with van der Waals surface area (Å²) in [6, 6.07) is 3.58. The van der Waals surface area contributed by atoms with Gasteiger partial charge in [0.05, 0.1) is 12.0 Å².